The molecule has 0 aliphatic rings. The highest BCUT2D eigenvalue weighted by Crippen LogP contribution is 2.44. The maximum atomic E-state index is 12.7. The predicted octanol–water partition coefficient (Wildman–Crippen LogP) is 5.46. The Morgan fingerprint density at radius 1 is 1.15 bits per heavy atom. The molecule has 3 heterocycles. The van der Waals surface area contributed by atoms with Crippen LogP contribution in [0.1, 0.15) is 22.5 Å². The molecule has 6 nitrogen and oxygen atoms in total. The highest BCUT2D eigenvalue weighted by molar-refractivity contribution is 7.13. The molecule has 3 aromatic heterocycles. The number of hydrogen-bond donors (Lipinski definition) is 2. The fourth-order valence-corrected chi connectivity index (χ4v) is 4.46. The van der Waals surface area contributed by atoms with Gasteiger partial charge in [0, 0.05) is 16.6 Å². The number of nitrogens with one attached hydrogen (secondary N) is 2. The van der Waals surface area contributed by atoms with Crippen LogP contribution in [0, 0.1) is 0 Å². The van der Waals surface area contributed by atoms with E-state index >= 15 is 0 Å². The number of rotatable bonds is 5. The zero-order valence-electron chi connectivity index (χ0n) is 16.9. The van der Waals surface area contributed by atoms with Crippen LogP contribution in [0.25, 0.3) is 16.1 Å². The molecule has 0 aliphatic carbocycles. The van der Waals surface area contributed by atoms with Crippen molar-refractivity contribution < 1.29 is 18.0 Å². The summed E-state index contributed by atoms with van der Waals surface area (Å²) in [4.78, 5) is 28.7. The standard InChI is InChI=1S/C21H14Cl3F3N4O2S/c22-20(23,24)18-17(14-2-1-7-34-14)19-29-13(9-16(33)31(19)30-18)10-28-15(32)8-11-3-5-12(6-4-11)21(25,26)27/h1-7,9,29H,8,10H2,(H,28,32). The summed E-state index contributed by atoms with van der Waals surface area (Å²) in [5.41, 5.74) is 0.313. The van der Waals surface area contributed by atoms with Crippen LogP contribution in [-0.2, 0) is 27.7 Å². The molecule has 34 heavy (non-hydrogen) atoms. The highest BCUT2D eigenvalue weighted by Gasteiger charge is 2.33. The Hall–Kier alpha value is -2.53. The number of halogens is 6. The van der Waals surface area contributed by atoms with Crippen molar-refractivity contribution >= 4 is 57.7 Å². The molecule has 0 aliphatic heterocycles. The smallest absolute Gasteiger partial charge is 0.350 e. The Labute approximate surface area is 209 Å². The van der Waals surface area contributed by atoms with Gasteiger partial charge in [0.2, 0.25) is 9.70 Å². The molecule has 0 atom stereocenters. The van der Waals surface area contributed by atoms with Crippen molar-refractivity contribution in [2.75, 3.05) is 0 Å². The summed E-state index contributed by atoms with van der Waals surface area (Å²) in [5.74, 6) is -0.436. The van der Waals surface area contributed by atoms with Gasteiger partial charge in [0.05, 0.1) is 24.1 Å². The number of aromatic nitrogens is 3. The summed E-state index contributed by atoms with van der Waals surface area (Å²) in [6, 6.07) is 9.17. The second kappa shape index (κ2) is 9.26. The van der Waals surface area contributed by atoms with Crippen LogP contribution in [0.3, 0.4) is 0 Å². The quantitative estimate of drug-likeness (QED) is 0.325. The van der Waals surface area contributed by atoms with E-state index in [9.17, 15) is 22.8 Å². The van der Waals surface area contributed by atoms with Crippen LogP contribution >= 0.6 is 46.1 Å². The van der Waals surface area contributed by atoms with Gasteiger partial charge >= 0.3 is 6.18 Å². The van der Waals surface area contributed by atoms with Crippen molar-refractivity contribution in [1.29, 1.82) is 0 Å². The Morgan fingerprint density at radius 2 is 1.85 bits per heavy atom. The molecule has 1 aromatic carbocycles. The number of fused-ring (bicyclic) bond motifs is 1. The number of hydrogen-bond acceptors (Lipinski definition) is 4. The van der Waals surface area contributed by atoms with E-state index in [1.165, 1.54) is 29.5 Å². The van der Waals surface area contributed by atoms with Gasteiger partial charge in [0.25, 0.3) is 5.56 Å². The lowest BCUT2D eigenvalue weighted by Gasteiger charge is -2.09. The number of alkyl halides is 6. The number of aromatic amines is 1. The lowest BCUT2D eigenvalue weighted by molar-refractivity contribution is -0.137. The maximum Gasteiger partial charge on any atom is 0.416 e. The summed E-state index contributed by atoms with van der Waals surface area (Å²) in [6.45, 7) is -0.0383. The summed E-state index contributed by atoms with van der Waals surface area (Å²) in [5, 5.41) is 8.64. The Kier molecular flexibility index (Phi) is 6.69. The van der Waals surface area contributed by atoms with Crippen LogP contribution < -0.4 is 10.9 Å². The summed E-state index contributed by atoms with van der Waals surface area (Å²) in [7, 11) is 0. The van der Waals surface area contributed by atoms with Gasteiger partial charge in [0.1, 0.15) is 11.3 Å². The first kappa shape index (κ1) is 24.6. The van der Waals surface area contributed by atoms with E-state index in [4.69, 9.17) is 34.8 Å². The van der Waals surface area contributed by atoms with E-state index in [0.29, 0.717) is 22.5 Å². The molecular weight excluding hydrogens is 536 g/mol. The molecule has 13 heteroatoms. The molecule has 0 saturated carbocycles. The first-order valence-corrected chi connectivity index (χ1v) is 11.6. The predicted molar refractivity (Wildman–Crippen MR) is 125 cm³/mol. The average molecular weight is 550 g/mol. The lowest BCUT2D eigenvalue weighted by Crippen LogP contribution is -2.26. The minimum absolute atomic E-state index is 0.0383. The average Bonchev–Trinajstić information content (AvgIpc) is 3.39. The molecule has 0 fully saturated rings. The number of carbonyl (C=O) groups is 1. The zero-order valence-corrected chi connectivity index (χ0v) is 20.0. The second-order valence-electron chi connectivity index (χ2n) is 7.24. The Bertz CT molecular complexity index is 1390. The Morgan fingerprint density at radius 3 is 2.44 bits per heavy atom. The first-order chi connectivity index (χ1) is 15.9. The van der Waals surface area contributed by atoms with Gasteiger partial charge in [-0.1, -0.05) is 53.0 Å². The number of thiophene rings is 1. The van der Waals surface area contributed by atoms with Crippen molar-refractivity contribution in [2.45, 2.75) is 22.9 Å². The van der Waals surface area contributed by atoms with Crippen molar-refractivity contribution in [2.24, 2.45) is 0 Å². The van der Waals surface area contributed by atoms with Gasteiger partial charge in [0.15, 0.2) is 0 Å². The SMILES string of the molecule is O=C(Cc1ccc(C(F)(F)F)cc1)NCc1cc(=O)n2nc(C(Cl)(Cl)Cl)c(-c3cccs3)c2[nH]1. The molecule has 178 valence electrons. The topological polar surface area (TPSA) is 79.3 Å². The van der Waals surface area contributed by atoms with Crippen molar-refractivity contribution in [1.82, 2.24) is 19.9 Å². The first-order valence-electron chi connectivity index (χ1n) is 9.62. The van der Waals surface area contributed by atoms with Crippen molar-refractivity contribution in [3.05, 3.63) is 80.7 Å². The molecule has 2 N–H and O–H groups in total. The van der Waals surface area contributed by atoms with E-state index < -0.39 is 27.0 Å². The van der Waals surface area contributed by atoms with Crippen molar-refractivity contribution in [3.8, 4) is 10.4 Å². The molecule has 0 saturated heterocycles. The third-order valence-electron chi connectivity index (χ3n) is 4.83. The largest absolute Gasteiger partial charge is 0.416 e. The monoisotopic (exact) mass is 548 g/mol. The fraction of sp³-hybridized carbons (Fsp3) is 0.190. The van der Waals surface area contributed by atoms with E-state index in [1.807, 2.05) is 5.38 Å². The normalized spacial score (nSPS) is 12.3. The Balaban J connectivity index is 1.56. The van der Waals surface area contributed by atoms with E-state index in [1.54, 1.807) is 12.1 Å². The molecule has 0 unspecified atom stereocenters. The van der Waals surface area contributed by atoms with Gasteiger partial charge in [-0.2, -0.15) is 22.8 Å². The van der Waals surface area contributed by atoms with E-state index in [0.717, 1.165) is 21.5 Å². The number of benzene rings is 1. The van der Waals surface area contributed by atoms with Crippen LogP contribution in [0.2, 0.25) is 0 Å². The third-order valence-corrected chi connectivity index (χ3v) is 6.25. The van der Waals surface area contributed by atoms with Gasteiger partial charge < -0.3 is 10.3 Å². The highest BCUT2D eigenvalue weighted by atomic mass is 35.6. The van der Waals surface area contributed by atoms with Gasteiger partial charge in [-0.15, -0.1) is 11.3 Å². The molecule has 0 radical (unpaired) electrons. The molecule has 0 spiro atoms. The summed E-state index contributed by atoms with van der Waals surface area (Å²) in [6.07, 6.45) is -4.58. The molecular formula is C21H14Cl3F3N4O2S. The number of carbonyl (C=O) groups excluding carboxylic acids is 1. The minimum atomic E-state index is -4.45. The number of amides is 1. The van der Waals surface area contributed by atoms with Gasteiger partial charge in [-0.3, -0.25) is 9.59 Å². The van der Waals surface area contributed by atoms with Crippen LogP contribution in [0.15, 0.2) is 52.6 Å². The van der Waals surface area contributed by atoms with Gasteiger partial charge in [-0.05, 0) is 29.1 Å². The van der Waals surface area contributed by atoms with Crippen LogP contribution in [0.5, 0.6) is 0 Å². The molecule has 1 amide bonds. The molecule has 4 rings (SSSR count). The van der Waals surface area contributed by atoms with Gasteiger partial charge in [-0.25, -0.2) is 0 Å². The van der Waals surface area contributed by atoms with E-state index in [-0.39, 0.29) is 18.7 Å². The lowest BCUT2D eigenvalue weighted by atomic mass is 10.1. The summed E-state index contributed by atoms with van der Waals surface area (Å²) >= 11 is 19.6. The third kappa shape index (κ3) is 5.25. The van der Waals surface area contributed by atoms with Crippen molar-refractivity contribution in [3.63, 3.8) is 0 Å². The fourth-order valence-electron chi connectivity index (χ4n) is 3.29. The van der Waals surface area contributed by atoms with Crippen LogP contribution in [0.4, 0.5) is 13.2 Å². The number of nitrogens with zero attached hydrogens (tertiary/aromatic N) is 2. The van der Waals surface area contributed by atoms with Crippen LogP contribution in [-0.4, -0.2) is 20.5 Å². The minimum Gasteiger partial charge on any atom is -0.350 e. The van der Waals surface area contributed by atoms with E-state index in [2.05, 4.69) is 15.4 Å². The maximum absolute atomic E-state index is 12.7. The molecule has 0 bridgehead atoms. The summed E-state index contributed by atoms with van der Waals surface area (Å²) < 4.78 is 37.2. The number of H-pyrrole nitrogens is 1. The second-order valence-corrected chi connectivity index (χ2v) is 10.5. The zero-order chi connectivity index (χ0) is 24.7. The molecule has 4 aromatic rings.